The summed E-state index contributed by atoms with van der Waals surface area (Å²) < 4.78 is 0. The Labute approximate surface area is 146 Å². The molecule has 2 amide bonds. The zero-order chi connectivity index (χ0) is 18.6. The minimum atomic E-state index is -0.512. The number of carbonyl (C=O) groups excluding carboxylic acids is 2. The van der Waals surface area contributed by atoms with E-state index in [1.807, 2.05) is 13.8 Å². The van der Waals surface area contributed by atoms with Crippen LogP contribution in [-0.2, 0) is 4.79 Å². The normalized spacial score (nSPS) is 17.1. The number of nitrogens with two attached hydrogens (primary N) is 1. The molecule has 1 aliphatic rings. The van der Waals surface area contributed by atoms with Crippen LogP contribution < -0.4 is 5.73 Å². The standard InChI is InChI=1S/C17H24N4O4/c1-3-12(2)15(18)17(23)20-10-8-19(9-11-20)16(22)13-4-6-14(7-5-13)21(24)25/h4-7,12,15H,3,8-11,18H2,1-2H3. The highest BCUT2D eigenvalue weighted by atomic mass is 16.6. The first-order valence-corrected chi connectivity index (χ1v) is 8.43. The van der Waals surface area contributed by atoms with Crippen LogP contribution in [0, 0.1) is 16.0 Å². The van der Waals surface area contributed by atoms with Crippen molar-refractivity contribution in [3.63, 3.8) is 0 Å². The zero-order valence-corrected chi connectivity index (χ0v) is 14.6. The summed E-state index contributed by atoms with van der Waals surface area (Å²) in [5.74, 6) is -0.141. The molecule has 1 heterocycles. The summed E-state index contributed by atoms with van der Waals surface area (Å²) in [5, 5.41) is 10.7. The van der Waals surface area contributed by atoms with Gasteiger partial charge >= 0.3 is 0 Å². The Bertz CT molecular complexity index is 639. The Hall–Kier alpha value is -2.48. The summed E-state index contributed by atoms with van der Waals surface area (Å²) in [5.41, 5.74) is 6.35. The van der Waals surface area contributed by atoms with Crippen molar-refractivity contribution in [2.45, 2.75) is 26.3 Å². The van der Waals surface area contributed by atoms with Crippen LogP contribution in [0.4, 0.5) is 5.69 Å². The monoisotopic (exact) mass is 348 g/mol. The molecule has 0 spiro atoms. The molecular formula is C17H24N4O4. The van der Waals surface area contributed by atoms with Crippen molar-refractivity contribution >= 4 is 17.5 Å². The van der Waals surface area contributed by atoms with E-state index in [0.717, 1.165) is 6.42 Å². The van der Waals surface area contributed by atoms with Crippen LogP contribution in [0.5, 0.6) is 0 Å². The van der Waals surface area contributed by atoms with E-state index in [2.05, 4.69) is 0 Å². The van der Waals surface area contributed by atoms with Gasteiger partial charge in [0.1, 0.15) is 0 Å². The molecule has 8 heteroatoms. The van der Waals surface area contributed by atoms with Crippen molar-refractivity contribution in [3.05, 3.63) is 39.9 Å². The summed E-state index contributed by atoms with van der Waals surface area (Å²) in [6, 6.07) is 5.03. The quantitative estimate of drug-likeness (QED) is 0.636. The minimum absolute atomic E-state index is 0.0500. The Morgan fingerprint density at radius 3 is 2.16 bits per heavy atom. The molecule has 2 atom stereocenters. The highest BCUT2D eigenvalue weighted by Crippen LogP contribution is 2.16. The van der Waals surface area contributed by atoms with Gasteiger partial charge in [0.05, 0.1) is 11.0 Å². The van der Waals surface area contributed by atoms with E-state index >= 15 is 0 Å². The third-order valence-corrected chi connectivity index (χ3v) is 4.75. The molecule has 25 heavy (non-hydrogen) atoms. The maximum atomic E-state index is 12.5. The maximum absolute atomic E-state index is 12.5. The second-order valence-electron chi connectivity index (χ2n) is 6.33. The van der Waals surface area contributed by atoms with Crippen LogP contribution >= 0.6 is 0 Å². The molecule has 0 aliphatic carbocycles. The molecule has 0 aromatic heterocycles. The number of carbonyl (C=O) groups is 2. The first-order valence-electron chi connectivity index (χ1n) is 8.43. The maximum Gasteiger partial charge on any atom is 0.269 e. The number of nitro groups is 1. The summed E-state index contributed by atoms with van der Waals surface area (Å²) in [6.07, 6.45) is 0.839. The molecule has 136 valence electrons. The van der Waals surface area contributed by atoms with Gasteiger partial charge in [-0.15, -0.1) is 0 Å². The molecule has 2 unspecified atom stereocenters. The number of piperazine rings is 1. The fourth-order valence-electron chi connectivity index (χ4n) is 2.75. The van der Waals surface area contributed by atoms with Gasteiger partial charge in [-0.1, -0.05) is 20.3 Å². The largest absolute Gasteiger partial charge is 0.338 e. The Kier molecular flexibility index (Phi) is 6.08. The number of hydrogen-bond acceptors (Lipinski definition) is 5. The number of rotatable bonds is 5. The van der Waals surface area contributed by atoms with E-state index < -0.39 is 11.0 Å². The molecule has 1 saturated heterocycles. The number of non-ortho nitro benzene ring substituents is 1. The highest BCUT2D eigenvalue weighted by molar-refractivity contribution is 5.94. The van der Waals surface area contributed by atoms with E-state index in [9.17, 15) is 19.7 Å². The third kappa shape index (κ3) is 4.33. The van der Waals surface area contributed by atoms with Crippen molar-refractivity contribution in [2.24, 2.45) is 11.7 Å². The number of nitro benzene ring substituents is 1. The SMILES string of the molecule is CCC(C)C(N)C(=O)N1CCN(C(=O)c2ccc([N+](=O)[O-])cc2)CC1. The lowest BCUT2D eigenvalue weighted by Gasteiger charge is -2.36. The molecule has 0 bridgehead atoms. The average molecular weight is 348 g/mol. The van der Waals surface area contributed by atoms with Crippen LogP contribution in [0.3, 0.4) is 0 Å². The van der Waals surface area contributed by atoms with Gasteiger partial charge in [0.2, 0.25) is 5.91 Å². The molecular weight excluding hydrogens is 324 g/mol. The van der Waals surface area contributed by atoms with E-state index in [-0.39, 0.29) is 23.4 Å². The molecule has 1 aromatic carbocycles. The van der Waals surface area contributed by atoms with E-state index in [1.165, 1.54) is 24.3 Å². The van der Waals surface area contributed by atoms with Gasteiger partial charge in [-0.3, -0.25) is 19.7 Å². The average Bonchev–Trinajstić information content (AvgIpc) is 2.65. The van der Waals surface area contributed by atoms with Crippen molar-refractivity contribution in [2.75, 3.05) is 26.2 Å². The molecule has 1 aromatic rings. The Morgan fingerprint density at radius 1 is 1.16 bits per heavy atom. The van der Waals surface area contributed by atoms with Gasteiger partial charge < -0.3 is 15.5 Å². The smallest absolute Gasteiger partial charge is 0.269 e. The first-order chi connectivity index (χ1) is 11.8. The number of hydrogen-bond donors (Lipinski definition) is 1. The molecule has 2 N–H and O–H groups in total. The van der Waals surface area contributed by atoms with Crippen LogP contribution in [0.25, 0.3) is 0 Å². The number of nitrogens with zero attached hydrogens (tertiary/aromatic N) is 3. The van der Waals surface area contributed by atoms with Crippen LogP contribution in [0.2, 0.25) is 0 Å². The lowest BCUT2D eigenvalue weighted by atomic mass is 9.98. The molecule has 8 nitrogen and oxygen atoms in total. The van der Waals surface area contributed by atoms with Crippen molar-refractivity contribution in [3.8, 4) is 0 Å². The molecule has 0 saturated carbocycles. The Morgan fingerprint density at radius 2 is 1.68 bits per heavy atom. The fraction of sp³-hybridized carbons (Fsp3) is 0.529. The van der Waals surface area contributed by atoms with E-state index in [1.54, 1.807) is 9.80 Å². The first kappa shape index (κ1) is 18.9. The molecule has 1 fully saturated rings. The highest BCUT2D eigenvalue weighted by Gasteiger charge is 2.29. The van der Waals surface area contributed by atoms with Crippen LogP contribution in [-0.4, -0.2) is 58.8 Å². The fourth-order valence-corrected chi connectivity index (χ4v) is 2.75. The minimum Gasteiger partial charge on any atom is -0.338 e. The van der Waals surface area contributed by atoms with Gasteiger partial charge in [0, 0.05) is 43.9 Å². The second-order valence-corrected chi connectivity index (χ2v) is 6.33. The van der Waals surface area contributed by atoms with Crippen molar-refractivity contribution in [1.29, 1.82) is 0 Å². The van der Waals surface area contributed by atoms with E-state index in [4.69, 9.17) is 5.73 Å². The summed E-state index contributed by atoms with van der Waals surface area (Å²) >= 11 is 0. The van der Waals surface area contributed by atoms with Gasteiger partial charge in [0.15, 0.2) is 0 Å². The van der Waals surface area contributed by atoms with Crippen molar-refractivity contribution < 1.29 is 14.5 Å². The Balaban J connectivity index is 1.94. The second kappa shape index (κ2) is 8.06. The predicted octanol–water partition coefficient (Wildman–Crippen LogP) is 1.25. The predicted molar refractivity (Wildman–Crippen MR) is 93.0 cm³/mol. The lowest BCUT2D eigenvalue weighted by Crippen LogP contribution is -2.55. The van der Waals surface area contributed by atoms with Crippen LogP contribution in [0.1, 0.15) is 30.6 Å². The molecule has 2 rings (SSSR count). The number of amides is 2. The van der Waals surface area contributed by atoms with Gasteiger partial charge in [-0.05, 0) is 18.1 Å². The van der Waals surface area contributed by atoms with Gasteiger partial charge in [-0.2, -0.15) is 0 Å². The summed E-state index contributed by atoms with van der Waals surface area (Å²) in [4.78, 5) is 38.4. The van der Waals surface area contributed by atoms with Gasteiger partial charge in [-0.25, -0.2) is 0 Å². The van der Waals surface area contributed by atoms with Gasteiger partial charge in [0.25, 0.3) is 11.6 Å². The number of benzene rings is 1. The molecule has 0 radical (unpaired) electrons. The van der Waals surface area contributed by atoms with Crippen molar-refractivity contribution in [1.82, 2.24) is 9.80 Å². The summed E-state index contributed by atoms with van der Waals surface area (Å²) in [6.45, 7) is 5.70. The molecule has 1 aliphatic heterocycles. The van der Waals surface area contributed by atoms with E-state index in [0.29, 0.717) is 31.7 Å². The lowest BCUT2D eigenvalue weighted by molar-refractivity contribution is -0.384. The summed E-state index contributed by atoms with van der Waals surface area (Å²) in [7, 11) is 0. The third-order valence-electron chi connectivity index (χ3n) is 4.75. The zero-order valence-electron chi connectivity index (χ0n) is 14.6. The topological polar surface area (TPSA) is 110 Å². The van der Waals surface area contributed by atoms with Crippen LogP contribution in [0.15, 0.2) is 24.3 Å².